The molecule has 9 heteroatoms. The van der Waals surface area contributed by atoms with Crippen LogP contribution < -0.4 is 9.64 Å². The number of hydrogen-bond donors (Lipinski definition) is 1. The molecule has 2 aromatic carbocycles. The van der Waals surface area contributed by atoms with Gasteiger partial charge in [-0.15, -0.1) is 0 Å². The molecule has 2 amide bonds. The molecular formula is C29H38N2O7. The molecule has 1 heterocycles. The number of amides is 2. The fourth-order valence-corrected chi connectivity index (χ4v) is 4.16. The molecule has 9 nitrogen and oxygen atoms in total. The minimum atomic E-state index is -1.18. The minimum absolute atomic E-state index is 0.0633. The summed E-state index contributed by atoms with van der Waals surface area (Å²) >= 11 is 0. The summed E-state index contributed by atoms with van der Waals surface area (Å²) in [6.07, 6.45) is -0.222. The number of carbonyl (C=O) groups is 3. The van der Waals surface area contributed by atoms with Gasteiger partial charge in [-0.05, 0) is 57.2 Å². The number of aromatic carboxylic acids is 1. The van der Waals surface area contributed by atoms with Gasteiger partial charge in [0.05, 0.1) is 12.2 Å². The average molecular weight is 527 g/mol. The molecule has 0 aliphatic carbocycles. The van der Waals surface area contributed by atoms with Gasteiger partial charge < -0.3 is 24.2 Å². The predicted molar refractivity (Wildman–Crippen MR) is 144 cm³/mol. The van der Waals surface area contributed by atoms with Gasteiger partial charge in [-0.1, -0.05) is 50.2 Å². The van der Waals surface area contributed by atoms with Crippen LogP contribution in [-0.4, -0.2) is 59.5 Å². The van der Waals surface area contributed by atoms with Crippen LogP contribution in [0.2, 0.25) is 0 Å². The lowest BCUT2D eigenvalue weighted by Gasteiger charge is -2.39. The molecule has 1 aliphatic rings. The average Bonchev–Trinajstić information content (AvgIpc) is 2.86. The lowest BCUT2D eigenvalue weighted by atomic mass is 10.0. The summed E-state index contributed by atoms with van der Waals surface area (Å²) in [5, 5.41) is 10.0. The topological polar surface area (TPSA) is 106 Å². The van der Waals surface area contributed by atoms with Gasteiger partial charge in [0.25, 0.3) is 0 Å². The molecule has 2 aromatic rings. The summed E-state index contributed by atoms with van der Waals surface area (Å²) in [5.41, 5.74) is 0.372. The van der Waals surface area contributed by atoms with Gasteiger partial charge in [0.2, 0.25) is 0 Å². The molecule has 38 heavy (non-hydrogen) atoms. The maximum absolute atomic E-state index is 13.5. The Balaban J connectivity index is 1.93. The summed E-state index contributed by atoms with van der Waals surface area (Å²) in [6, 6.07) is 13.8. The van der Waals surface area contributed by atoms with E-state index in [2.05, 4.69) is 0 Å². The molecule has 3 rings (SSSR count). The molecule has 1 aliphatic heterocycles. The third-order valence-corrected chi connectivity index (χ3v) is 5.93. The lowest BCUT2D eigenvalue weighted by Crippen LogP contribution is -2.50. The first kappa shape index (κ1) is 28.8. The standard InChI is InChI=1S/C29H38N2O7/c1-20(2)18-37-28(35)31(22-14-16-30(17-15-22)27(34)38-29(3,4)5)25-23(26(32)33)12-9-13-24(25)36-19-21-10-7-6-8-11-21/h6-13,20,22H,14-19H2,1-5H3,(H,32,33). The Kier molecular flexibility index (Phi) is 9.61. The van der Waals surface area contributed by atoms with Crippen molar-refractivity contribution in [3.05, 3.63) is 59.7 Å². The SMILES string of the molecule is CC(C)COC(=O)N(c1c(OCc2ccccc2)cccc1C(=O)O)C1CCN(C(=O)OC(C)(C)C)CC1. The second-order valence-electron chi connectivity index (χ2n) is 10.8. The third kappa shape index (κ3) is 7.87. The van der Waals surface area contributed by atoms with Crippen LogP contribution in [0.1, 0.15) is 63.4 Å². The molecule has 0 atom stereocenters. The molecule has 0 aromatic heterocycles. The fraction of sp³-hybridized carbons (Fsp3) is 0.483. The second-order valence-corrected chi connectivity index (χ2v) is 10.8. The minimum Gasteiger partial charge on any atom is -0.487 e. The molecule has 206 valence electrons. The predicted octanol–water partition coefficient (Wildman–Crippen LogP) is 5.96. The van der Waals surface area contributed by atoms with E-state index < -0.39 is 29.8 Å². The Morgan fingerprint density at radius 2 is 1.68 bits per heavy atom. The smallest absolute Gasteiger partial charge is 0.414 e. The number of nitrogens with zero attached hydrogens (tertiary/aromatic N) is 2. The molecule has 1 saturated heterocycles. The number of likely N-dealkylation sites (tertiary alicyclic amines) is 1. The van der Waals surface area contributed by atoms with Crippen LogP contribution in [0.5, 0.6) is 5.75 Å². The van der Waals surface area contributed by atoms with E-state index in [1.807, 2.05) is 65.0 Å². The van der Waals surface area contributed by atoms with Gasteiger partial charge in [0, 0.05) is 19.1 Å². The van der Waals surface area contributed by atoms with E-state index in [0.717, 1.165) is 5.56 Å². The van der Waals surface area contributed by atoms with Crippen LogP contribution in [-0.2, 0) is 16.1 Å². The highest BCUT2D eigenvalue weighted by molar-refractivity contribution is 6.02. The zero-order valence-electron chi connectivity index (χ0n) is 22.8. The van der Waals surface area contributed by atoms with Crippen molar-refractivity contribution < 1.29 is 33.7 Å². The molecule has 1 N–H and O–H groups in total. The summed E-state index contributed by atoms with van der Waals surface area (Å²) in [6.45, 7) is 10.4. The van der Waals surface area contributed by atoms with E-state index in [1.165, 1.54) is 11.0 Å². The number of carboxylic acid groups (broad SMARTS) is 1. The zero-order chi connectivity index (χ0) is 27.9. The highest BCUT2D eigenvalue weighted by atomic mass is 16.6. The number of carbonyl (C=O) groups excluding carboxylic acids is 2. The quantitative estimate of drug-likeness (QED) is 0.452. The first-order chi connectivity index (χ1) is 18.0. The maximum atomic E-state index is 13.5. The van der Waals surface area contributed by atoms with E-state index in [0.29, 0.717) is 25.9 Å². The van der Waals surface area contributed by atoms with Crippen LogP contribution in [0.15, 0.2) is 48.5 Å². The third-order valence-electron chi connectivity index (χ3n) is 5.93. The van der Waals surface area contributed by atoms with Crippen molar-refractivity contribution in [2.75, 3.05) is 24.6 Å². The van der Waals surface area contributed by atoms with Gasteiger partial charge in [0.1, 0.15) is 23.6 Å². The molecule has 0 radical (unpaired) electrons. The van der Waals surface area contributed by atoms with E-state index in [1.54, 1.807) is 17.0 Å². The molecular weight excluding hydrogens is 488 g/mol. The van der Waals surface area contributed by atoms with Crippen LogP contribution in [0.3, 0.4) is 0 Å². The van der Waals surface area contributed by atoms with Crippen molar-refractivity contribution in [3.8, 4) is 5.75 Å². The highest BCUT2D eigenvalue weighted by Gasteiger charge is 2.36. The molecule has 1 fully saturated rings. The van der Waals surface area contributed by atoms with Crippen LogP contribution in [0, 0.1) is 5.92 Å². The Morgan fingerprint density at radius 1 is 1.03 bits per heavy atom. The molecule has 0 saturated carbocycles. The van der Waals surface area contributed by atoms with Gasteiger partial charge in [-0.2, -0.15) is 0 Å². The highest BCUT2D eigenvalue weighted by Crippen LogP contribution is 2.37. The maximum Gasteiger partial charge on any atom is 0.414 e. The summed E-state index contributed by atoms with van der Waals surface area (Å²) in [5.74, 6) is -0.818. The lowest BCUT2D eigenvalue weighted by molar-refractivity contribution is 0.0204. The largest absolute Gasteiger partial charge is 0.487 e. The fourth-order valence-electron chi connectivity index (χ4n) is 4.16. The monoisotopic (exact) mass is 526 g/mol. The van der Waals surface area contributed by atoms with Crippen LogP contribution in [0.25, 0.3) is 0 Å². The van der Waals surface area contributed by atoms with Crippen LogP contribution in [0.4, 0.5) is 15.3 Å². The van der Waals surface area contributed by atoms with Gasteiger partial charge in [-0.3, -0.25) is 4.90 Å². The Morgan fingerprint density at radius 3 is 2.26 bits per heavy atom. The van der Waals surface area contributed by atoms with E-state index in [-0.39, 0.29) is 36.1 Å². The number of benzene rings is 2. The van der Waals surface area contributed by atoms with Crippen molar-refractivity contribution in [3.63, 3.8) is 0 Å². The Bertz CT molecular complexity index is 1100. The number of anilines is 1. The van der Waals surface area contributed by atoms with E-state index in [4.69, 9.17) is 14.2 Å². The summed E-state index contributed by atoms with van der Waals surface area (Å²) < 4.78 is 17.2. The van der Waals surface area contributed by atoms with E-state index >= 15 is 0 Å². The number of carboxylic acids is 1. The van der Waals surface area contributed by atoms with Crippen molar-refractivity contribution in [2.45, 2.75) is 65.7 Å². The van der Waals surface area contributed by atoms with Gasteiger partial charge >= 0.3 is 18.2 Å². The van der Waals surface area contributed by atoms with Crippen molar-refractivity contribution in [1.82, 2.24) is 4.90 Å². The van der Waals surface area contributed by atoms with Crippen molar-refractivity contribution >= 4 is 23.8 Å². The first-order valence-electron chi connectivity index (χ1n) is 12.9. The van der Waals surface area contributed by atoms with E-state index in [9.17, 15) is 19.5 Å². The number of piperidine rings is 1. The Hall–Kier alpha value is -3.75. The van der Waals surface area contributed by atoms with Gasteiger partial charge in [-0.25, -0.2) is 14.4 Å². The molecule has 0 unspecified atom stereocenters. The molecule has 0 bridgehead atoms. The number of ether oxygens (including phenoxy) is 3. The van der Waals surface area contributed by atoms with Crippen LogP contribution >= 0.6 is 0 Å². The molecule has 0 spiro atoms. The normalized spacial score (nSPS) is 14.2. The van der Waals surface area contributed by atoms with Crippen molar-refractivity contribution in [1.29, 1.82) is 0 Å². The number of hydrogen-bond acceptors (Lipinski definition) is 6. The number of para-hydroxylation sites is 1. The van der Waals surface area contributed by atoms with Gasteiger partial charge in [0.15, 0.2) is 0 Å². The summed E-state index contributed by atoms with van der Waals surface area (Å²) in [7, 11) is 0. The number of rotatable bonds is 8. The summed E-state index contributed by atoms with van der Waals surface area (Å²) in [4.78, 5) is 41.4. The first-order valence-corrected chi connectivity index (χ1v) is 12.9. The Labute approximate surface area is 224 Å². The second kappa shape index (κ2) is 12.7. The van der Waals surface area contributed by atoms with Crippen molar-refractivity contribution in [2.24, 2.45) is 5.92 Å². The zero-order valence-corrected chi connectivity index (χ0v) is 22.8.